The third-order valence-electron chi connectivity index (χ3n) is 3.19. The van der Waals surface area contributed by atoms with Crippen LogP contribution in [0.4, 0.5) is 0 Å². The van der Waals surface area contributed by atoms with Gasteiger partial charge in [0.05, 0.1) is 17.5 Å². The van der Waals surface area contributed by atoms with Crippen LogP contribution in [0.2, 0.25) is 0 Å². The first-order valence-electron chi connectivity index (χ1n) is 6.84. The standard InChI is InChI=1S/C15H10N8/c1-2-6-16-11(4-1)14-10(13-9-19-23-22-13)8-17-15(20-14)12-5-3-7-18-21-12/h1-9H,(H,19,22,23). The largest absolute Gasteiger partial charge is 0.255 e. The average molecular weight is 302 g/mol. The number of rotatable bonds is 3. The smallest absolute Gasteiger partial charge is 0.180 e. The van der Waals surface area contributed by atoms with Gasteiger partial charge in [0.2, 0.25) is 0 Å². The molecule has 0 aliphatic rings. The van der Waals surface area contributed by atoms with Gasteiger partial charge in [-0.2, -0.15) is 20.5 Å². The fourth-order valence-electron chi connectivity index (χ4n) is 2.14. The van der Waals surface area contributed by atoms with Gasteiger partial charge < -0.3 is 0 Å². The Kier molecular flexibility index (Phi) is 3.24. The van der Waals surface area contributed by atoms with E-state index in [2.05, 4.69) is 40.6 Å². The topological polar surface area (TPSA) is 106 Å². The molecule has 0 aliphatic carbocycles. The molecule has 4 rings (SSSR count). The molecule has 0 aromatic carbocycles. The molecule has 4 aromatic rings. The highest BCUT2D eigenvalue weighted by Gasteiger charge is 2.15. The van der Waals surface area contributed by atoms with E-state index in [9.17, 15) is 0 Å². The van der Waals surface area contributed by atoms with Gasteiger partial charge >= 0.3 is 0 Å². The molecule has 0 aliphatic heterocycles. The summed E-state index contributed by atoms with van der Waals surface area (Å²) in [6, 6.07) is 9.23. The first kappa shape index (κ1) is 13.1. The van der Waals surface area contributed by atoms with Crippen molar-refractivity contribution in [2.24, 2.45) is 0 Å². The zero-order valence-corrected chi connectivity index (χ0v) is 11.8. The fraction of sp³-hybridized carbons (Fsp3) is 0. The summed E-state index contributed by atoms with van der Waals surface area (Å²) in [6.07, 6.45) is 6.63. The number of H-pyrrole nitrogens is 1. The predicted octanol–water partition coefficient (Wildman–Crippen LogP) is 1.78. The molecule has 0 unspecified atom stereocenters. The number of pyridine rings is 1. The van der Waals surface area contributed by atoms with Gasteiger partial charge in [0.1, 0.15) is 17.1 Å². The maximum absolute atomic E-state index is 4.61. The summed E-state index contributed by atoms with van der Waals surface area (Å²) in [5.41, 5.74) is 3.37. The SMILES string of the molecule is c1ccc(-c2nc(-c3cccnn3)ncc2-c2cn[nH]n2)nc1. The van der Waals surface area contributed by atoms with Gasteiger partial charge in [-0.25, -0.2) is 9.97 Å². The summed E-state index contributed by atoms with van der Waals surface area (Å²) in [6.45, 7) is 0. The number of aromatic nitrogens is 8. The predicted molar refractivity (Wildman–Crippen MR) is 81.7 cm³/mol. The van der Waals surface area contributed by atoms with Crippen LogP contribution in [0, 0.1) is 0 Å². The van der Waals surface area contributed by atoms with Crippen LogP contribution >= 0.6 is 0 Å². The number of hydrogen-bond donors (Lipinski definition) is 1. The highest BCUT2D eigenvalue weighted by molar-refractivity contribution is 5.77. The highest BCUT2D eigenvalue weighted by Crippen LogP contribution is 2.28. The molecule has 0 spiro atoms. The Balaban J connectivity index is 1.92. The van der Waals surface area contributed by atoms with Crippen molar-refractivity contribution in [3.63, 3.8) is 0 Å². The maximum atomic E-state index is 4.61. The molecular weight excluding hydrogens is 292 g/mol. The van der Waals surface area contributed by atoms with Crippen LogP contribution in [-0.2, 0) is 0 Å². The van der Waals surface area contributed by atoms with Crippen LogP contribution in [0.5, 0.6) is 0 Å². The summed E-state index contributed by atoms with van der Waals surface area (Å²) in [4.78, 5) is 13.3. The quantitative estimate of drug-likeness (QED) is 0.614. The number of aromatic amines is 1. The summed E-state index contributed by atoms with van der Waals surface area (Å²) in [5, 5.41) is 18.4. The van der Waals surface area contributed by atoms with Crippen LogP contribution in [-0.4, -0.2) is 40.6 Å². The molecule has 110 valence electrons. The second-order valence-electron chi connectivity index (χ2n) is 4.64. The Labute approximate surface area is 130 Å². The summed E-state index contributed by atoms with van der Waals surface area (Å²) >= 11 is 0. The molecule has 8 heteroatoms. The first-order valence-corrected chi connectivity index (χ1v) is 6.84. The molecule has 0 fully saturated rings. The summed E-state index contributed by atoms with van der Waals surface area (Å²) < 4.78 is 0. The van der Waals surface area contributed by atoms with Crippen LogP contribution in [0.3, 0.4) is 0 Å². The maximum Gasteiger partial charge on any atom is 0.180 e. The van der Waals surface area contributed by atoms with Crippen molar-refractivity contribution in [3.05, 3.63) is 55.1 Å². The molecule has 0 radical (unpaired) electrons. The lowest BCUT2D eigenvalue weighted by Crippen LogP contribution is -1.99. The molecule has 4 heterocycles. The molecule has 1 N–H and O–H groups in total. The average Bonchev–Trinajstić information content (AvgIpc) is 3.17. The lowest BCUT2D eigenvalue weighted by molar-refractivity contribution is 0.941. The van der Waals surface area contributed by atoms with E-state index >= 15 is 0 Å². The number of nitrogens with zero attached hydrogens (tertiary/aromatic N) is 7. The summed E-state index contributed by atoms with van der Waals surface area (Å²) in [5.74, 6) is 0.478. The van der Waals surface area contributed by atoms with E-state index in [1.165, 1.54) is 0 Å². The van der Waals surface area contributed by atoms with Crippen LogP contribution in [0.25, 0.3) is 34.2 Å². The van der Waals surface area contributed by atoms with Crippen molar-refractivity contribution < 1.29 is 0 Å². The monoisotopic (exact) mass is 302 g/mol. The molecule has 8 nitrogen and oxygen atoms in total. The van der Waals surface area contributed by atoms with Crippen molar-refractivity contribution in [2.75, 3.05) is 0 Å². The molecule has 0 bridgehead atoms. The van der Waals surface area contributed by atoms with Crippen molar-refractivity contribution >= 4 is 0 Å². The Bertz CT molecular complexity index is 907. The third kappa shape index (κ3) is 2.53. The summed E-state index contributed by atoms with van der Waals surface area (Å²) in [7, 11) is 0. The molecule has 0 saturated heterocycles. The van der Waals surface area contributed by atoms with Crippen molar-refractivity contribution in [2.45, 2.75) is 0 Å². The Morgan fingerprint density at radius 2 is 1.78 bits per heavy atom. The first-order chi connectivity index (χ1) is 11.4. The molecule has 0 amide bonds. The number of nitrogens with one attached hydrogen (secondary N) is 1. The van der Waals surface area contributed by atoms with Crippen molar-refractivity contribution in [1.82, 2.24) is 40.6 Å². The highest BCUT2D eigenvalue weighted by atomic mass is 15.3. The van der Waals surface area contributed by atoms with E-state index in [1.807, 2.05) is 18.2 Å². The van der Waals surface area contributed by atoms with Crippen LogP contribution in [0.15, 0.2) is 55.1 Å². The van der Waals surface area contributed by atoms with Crippen LogP contribution < -0.4 is 0 Å². The van der Waals surface area contributed by atoms with Gasteiger partial charge in [0.15, 0.2) is 5.82 Å². The lowest BCUT2D eigenvalue weighted by atomic mass is 10.1. The molecule has 23 heavy (non-hydrogen) atoms. The van der Waals surface area contributed by atoms with Gasteiger partial charge in [-0.05, 0) is 24.3 Å². The van der Waals surface area contributed by atoms with E-state index in [4.69, 9.17) is 0 Å². The molecule has 0 atom stereocenters. The van der Waals surface area contributed by atoms with Gasteiger partial charge in [-0.15, -0.1) is 5.10 Å². The Morgan fingerprint density at radius 1 is 0.826 bits per heavy atom. The van der Waals surface area contributed by atoms with E-state index in [0.717, 1.165) is 11.3 Å². The molecular formula is C15H10N8. The second kappa shape index (κ2) is 5.68. The minimum absolute atomic E-state index is 0.478. The minimum atomic E-state index is 0.478. The van der Waals surface area contributed by atoms with Crippen molar-refractivity contribution in [1.29, 1.82) is 0 Å². The molecule has 0 saturated carbocycles. The van der Waals surface area contributed by atoms with E-state index in [0.29, 0.717) is 22.9 Å². The normalized spacial score (nSPS) is 10.6. The third-order valence-corrected chi connectivity index (χ3v) is 3.19. The molecule has 4 aromatic heterocycles. The van der Waals surface area contributed by atoms with Gasteiger partial charge in [0.25, 0.3) is 0 Å². The van der Waals surface area contributed by atoms with Crippen molar-refractivity contribution in [3.8, 4) is 34.2 Å². The second-order valence-corrected chi connectivity index (χ2v) is 4.64. The van der Waals surface area contributed by atoms with E-state index < -0.39 is 0 Å². The Morgan fingerprint density at radius 3 is 2.52 bits per heavy atom. The minimum Gasteiger partial charge on any atom is -0.255 e. The van der Waals surface area contributed by atoms with Gasteiger partial charge in [-0.3, -0.25) is 4.98 Å². The number of hydrogen-bond acceptors (Lipinski definition) is 7. The Hall–Kier alpha value is -3.55. The zero-order valence-electron chi connectivity index (χ0n) is 11.8. The zero-order chi connectivity index (χ0) is 15.5. The van der Waals surface area contributed by atoms with Gasteiger partial charge in [0, 0.05) is 18.6 Å². The van der Waals surface area contributed by atoms with E-state index in [-0.39, 0.29) is 0 Å². The lowest BCUT2D eigenvalue weighted by Gasteiger charge is -2.07. The van der Waals surface area contributed by atoms with E-state index in [1.54, 1.807) is 36.9 Å². The van der Waals surface area contributed by atoms with Crippen LogP contribution in [0.1, 0.15) is 0 Å². The van der Waals surface area contributed by atoms with Gasteiger partial charge in [-0.1, -0.05) is 6.07 Å². The fourth-order valence-corrected chi connectivity index (χ4v) is 2.14.